The summed E-state index contributed by atoms with van der Waals surface area (Å²) in [6, 6.07) is 0.537. The zero-order chi connectivity index (χ0) is 13.4. The van der Waals surface area contributed by atoms with E-state index in [9.17, 15) is 4.79 Å². The van der Waals surface area contributed by atoms with Gasteiger partial charge in [0.05, 0.1) is 6.61 Å². The molecular weight excluding hydrogens is 226 g/mol. The molecule has 0 saturated heterocycles. The van der Waals surface area contributed by atoms with Crippen LogP contribution in [0.1, 0.15) is 72.1 Å². The largest absolute Gasteiger partial charge is 0.465 e. The highest BCUT2D eigenvalue weighted by Gasteiger charge is 2.38. The van der Waals surface area contributed by atoms with Crippen LogP contribution < -0.4 is 5.32 Å². The molecule has 3 nitrogen and oxygen atoms in total. The minimum atomic E-state index is -0.469. The molecular formula is C15H29NO2. The maximum Gasteiger partial charge on any atom is 0.326 e. The maximum absolute atomic E-state index is 12.1. The normalized spacial score (nSPS) is 18.4. The number of carbonyl (C=O) groups excluding carboxylic acids is 1. The van der Waals surface area contributed by atoms with Gasteiger partial charge in [-0.15, -0.1) is 0 Å². The van der Waals surface area contributed by atoms with Gasteiger partial charge < -0.3 is 4.74 Å². The second-order valence-corrected chi connectivity index (χ2v) is 5.64. The quantitative estimate of drug-likeness (QED) is 0.480. The zero-order valence-electron chi connectivity index (χ0n) is 12.3. The van der Waals surface area contributed by atoms with Gasteiger partial charge in [-0.1, -0.05) is 39.0 Å². The summed E-state index contributed by atoms with van der Waals surface area (Å²) < 4.78 is 5.21. The highest BCUT2D eigenvalue weighted by Crippen LogP contribution is 2.26. The standard InChI is InChI=1S/C15H29NO2/c1-4-6-7-8-9-12-15(3,14(17)18-5-2)16-13-10-11-13/h13,16H,4-12H2,1-3H3. The van der Waals surface area contributed by atoms with Gasteiger partial charge in [0, 0.05) is 6.04 Å². The highest BCUT2D eigenvalue weighted by atomic mass is 16.5. The predicted molar refractivity (Wildman–Crippen MR) is 74.6 cm³/mol. The number of hydrogen-bond donors (Lipinski definition) is 1. The van der Waals surface area contributed by atoms with Crippen LogP contribution in [-0.4, -0.2) is 24.2 Å². The van der Waals surface area contributed by atoms with Crippen LogP contribution in [0.3, 0.4) is 0 Å². The van der Waals surface area contributed by atoms with E-state index in [1.807, 2.05) is 13.8 Å². The van der Waals surface area contributed by atoms with E-state index in [0.717, 1.165) is 12.8 Å². The van der Waals surface area contributed by atoms with Crippen molar-refractivity contribution in [3.8, 4) is 0 Å². The minimum Gasteiger partial charge on any atom is -0.465 e. The van der Waals surface area contributed by atoms with Crippen LogP contribution in [0, 0.1) is 0 Å². The smallest absolute Gasteiger partial charge is 0.326 e. The summed E-state index contributed by atoms with van der Waals surface area (Å²) >= 11 is 0. The van der Waals surface area contributed by atoms with Crippen LogP contribution in [0.4, 0.5) is 0 Å². The molecule has 0 bridgehead atoms. The molecule has 0 aromatic carbocycles. The molecule has 0 aromatic rings. The Bertz CT molecular complexity index is 251. The van der Waals surface area contributed by atoms with E-state index < -0.39 is 5.54 Å². The third kappa shape index (κ3) is 5.38. The second kappa shape index (κ2) is 7.78. The first kappa shape index (κ1) is 15.5. The first-order valence-electron chi connectivity index (χ1n) is 7.57. The monoisotopic (exact) mass is 255 g/mol. The molecule has 1 aliphatic rings. The molecule has 1 rings (SSSR count). The fourth-order valence-electron chi connectivity index (χ4n) is 2.28. The molecule has 0 amide bonds. The van der Waals surface area contributed by atoms with Crippen LogP contribution in [0.25, 0.3) is 0 Å². The average Bonchev–Trinajstić information content (AvgIpc) is 3.13. The third-order valence-corrected chi connectivity index (χ3v) is 3.61. The SMILES string of the molecule is CCCCCCCC(C)(NC1CC1)C(=O)OCC. The van der Waals surface area contributed by atoms with Crippen molar-refractivity contribution < 1.29 is 9.53 Å². The van der Waals surface area contributed by atoms with E-state index in [2.05, 4.69) is 12.2 Å². The van der Waals surface area contributed by atoms with E-state index in [4.69, 9.17) is 4.74 Å². The Balaban J connectivity index is 2.35. The molecule has 0 radical (unpaired) electrons. The molecule has 1 atom stereocenters. The number of ether oxygens (including phenoxy) is 1. The topological polar surface area (TPSA) is 38.3 Å². The van der Waals surface area contributed by atoms with Gasteiger partial charge in [-0.05, 0) is 33.1 Å². The Kier molecular flexibility index (Phi) is 6.69. The average molecular weight is 255 g/mol. The first-order valence-corrected chi connectivity index (χ1v) is 7.57. The van der Waals surface area contributed by atoms with Gasteiger partial charge in [-0.2, -0.15) is 0 Å². The summed E-state index contributed by atoms with van der Waals surface area (Å²) in [7, 11) is 0. The number of hydrogen-bond acceptors (Lipinski definition) is 3. The van der Waals surface area contributed by atoms with Crippen LogP contribution in [0.15, 0.2) is 0 Å². The van der Waals surface area contributed by atoms with E-state index in [1.54, 1.807) is 0 Å². The molecule has 3 heteroatoms. The lowest BCUT2D eigenvalue weighted by Gasteiger charge is -2.28. The molecule has 1 unspecified atom stereocenters. The minimum absolute atomic E-state index is 0.0765. The Hall–Kier alpha value is -0.570. The van der Waals surface area contributed by atoms with Gasteiger partial charge in [-0.3, -0.25) is 10.1 Å². The van der Waals surface area contributed by atoms with Gasteiger partial charge in [0.2, 0.25) is 0 Å². The van der Waals surface area contributed by atoms with Crippen molar-refractivity contribution in [3.63, 3.8) is 0 Å². The van der Waals surface area contributed by atoms with Crippen molar-refractivity contribution in [2.45, 2.75) is 83.7 Å². The molecule has 0 aliphatic heterocycles. The molecule has 1 N–H and O–H groups in total. The number of rotatable bonds is 10. The van der Waals surface area contributed by atoms with Crippen molar-refractivity contribution in [3.05, 3.63) is 0 Å². The Morgan fingerprint density at radius 2 is 1.89 bits per heavy atom. The van der Waals surface area contributed by atoms with Crippen molar-refractivity contribution in [1.82, 2.24) is 5.32 Å². The summed E-state index contributed by atoms with van der Waals surface area (Å²) in [5.74, 6) is -0.0765. The highest BCUT2D eigenvalue weighted by molar-refractivity contribution is 5.80. The molecule has 1 aliphatic carbocycles. The predicted octanol–water partition coefficient (Wildman–Crippen LogP) is 3.42. The molecule has 0 aromatic heterocycles. The first-order chi connectivity index (χ1) is 8.62. The van der Waals surface area contributed by atoms with Gasteiger partial charge in [0.1, 0.15) is 5.54 Å². The Morgan fingerprint density at radius 3 is 2.44 bits per heavy atom. The molecule has 0 spiro atoms. The van der Waals surface area contributed by atoms with Crippen LogP contribution in [0.5, 0.6) is 0 Å². The van der Waals surface area contributed by atoms with Gasteiger partial charge in [0.25, 0.3) is 0 Å². The summed E-state index contributed by atoms with van der Waals surface area (Å²) in [6.45, 7) is 6.56. The molecule has 1 saturated carbocycles. The Labute approximate surface area is 112 Å². The van der Waals surface area contributed by atoms with Crippen LogP contribution >= 0.6 is 0 Å². The summed E-state index contributed by atoms with van der Waals surface area (Å²) in [5.41, 5.74) is -0.469. The van der Waals surface area contributed by atoms with Gasteiger partial charge >= 0.3 is 5.97 Å². The third-order valence-electron chi connectivity index (χ3n) is 3.61. The van der Waals surface area contributed by atoms with E-state index in [1.165, 1.54) is 38.5 Å². The number of nitrogens with one attached hydrogen (secondary N) is 1. The van der Waals surface area contributed by atoms with Crippen molar-refractivity contribution in [1.29, 1.82) is 0 Å². The molecule has 1 fully saturated rings. The number of carbonyl (C=O) groups is 1. The van der Waals surface area contributed by atoms with Crippen molar-refractivity contribution in [2.24, 2.45) is 0 Å². The van der Waals surface area contributed by atoms with Crippen LogP contribution in [-0.2, 0) is 9.53 Å². The number of esters is 1. The summed E-state index contributed by atoms with van der Waals surface area (Å²) in [5, 5.41) is 3.47. The van der Waals surface area contributed by atoms with E-state index in [0.29, 0.717) is 12.6 Å². The fourth-order valence-corrected chi connectivity index (χ4v) is 2.28. The lowest BCUT2D eigenvalue weighted by atomic mass is 9.93. The number of unbranched alkanes of at least 4 members (excludes halogenated alkanes) is 4. The molecule has 106 valence electrons. The van der Waals surface area contributed by atoms with Gasteiger partial charge in [-0.25, -0.2) is 0 Å². The maximum atomic E-state index is 12.1. The molecule has 18 heavy (non-hydrogen) atoms. The van der Waals surface area contributed by atoms with Crippen LogP contribution in [0.2, 0.25) is 0 Å². The fraction of sp³-hybridized carbons (Fsp3) is 0.933. The lowest BCUT2D eigenvalue weighted by molar-refractivity contribution is -0.151. The van der Waals surface area contributed by atoms with Gasteiger partial charge in [0.15, 0.2) is 0 Å². The van der Waals surface area contributed by atoms with Crippen molar-refractivity contribution in [2.75, 3.05) is 6.61 Å². The Morgan fingerprint density at radius 1 is 1.22 bits per heavy atom. The summed E-state index contributed by atoms with van der Waals surface area (Å²) in [6.07, 6.45) is 9.45. The van der Waals surface area contributed by atoms with Crippen molar-refractivity contribution >= 4 is 5.97 Å². The summed E-state index contributed by atoms with van der Waals surface area (Å²) in [4.78, 5) is 12.1. The van der Waals surface area contributed by atoms with E-state index >= 15 is 0 Å². The molecule has 0 heterocycles. The lowest BCUT2D eigenvalue weighted by Crippen LogP contribution is -2.51. The zero-order valence-corrected chi connectivity index (χ0v) is 12.3. The second-order valence-electron chi connectivity index (χ2n) is 5.64. The van der Waals surface area contributed by atoms with E-state index in [-0.39, 0.29) is 5.97 Å².